The van der Waals surface area contributed by atoms with Gasteiger partial charge in [-0.2, -0.15) is 11.8 Å². The fraction of sp³-hybridized carbons (Fsp3) is 0.235. The van der Waals surface area contributed by atoms with Crippen LogP contribution in [0.2, 0.25) is 10.0 Å². The van der Waals surface area contributed by atoms with Crippen LogP contribution >= 0.6 is 35.0 Å². The van der Waals surface area contributed by atoms with Gasteiger partial charge in [0.15, 0.2) is 18.2 Å². The Morgan fingerprint density at radius 2 is 1.96 bits per heavy atom. The summed E-state index contributed by atoms with van der Waals surface area (Å²) in [5, 5.41) is 3.80. The standard InChI is InChI=1S/C17H16Cl2FNO2S/c18-13-6-5-12(9-14(13)19)11-24-8-7-21-17(22)10-23-16-4-2-1-3-15(16)20/h1-6,9H,7-8,10-11H2,(H,21,22). The number of ether oxygens (including phenoxy) is 1. The van der Waals surface area contributed by atoms with Crippen molar-refractivity contribution in [3.63, 3.8) is 0 Å². The minimum absolute atomic E-state index is 0.0710. The van der Waals surface area contributed by atoms with Crippen LogP contribution in [0.3, 0.4) is 0 Å². The zero-order valence-corrected chi connectivity index (χ0v) is 15.1. The average molecular weight is 388 g/mol. The number of carbonyl (C=O) groups excluding carboxylic acids is 1. The van der Waals surface area contributed by atoms with Crippen molar-refractivity contribution < 1.29 is 13.9 Å². The third kappa shape index (κ3) is 6.23. The average Bonchev–Trinajstić information content (AvgIpc) is 2.57. The predicted octanol–water partition coefficient (Wildman–Crippen LogP) is 4.56. The van der Waals surface area contributed by atoms with Crippen molar-refractivity contribution in [2.75, 3.05) is 18.9 Å². The number of rotatable bonds is 8. The van der Waals surface area contributed by atoms with Crippen molar-refractivity contribution in [1.82, 2.24) is 5.32 Å². The molecule has 0 radical (unpaired) electrons. The van der Waals surface area contributed by atoms with Crippen LogP contribution in [0.25, 0.3) is 0 Å². The van der Waals surface area contributed by atoms with Gasteiger partial charge in [-0.3, -0.25) is 4.79 Å². The van der Waals surface area contributed by atoms with Crippen molar-refractivity contribution >= 4 is 40.9 Å². The molecule has 2 aromatic rings. The Labute approximate surface area is 154 Å². The molecule has 0 saturated heterocycles. The Hall–Kier alpha value is -1.43. The first-order chi connectivity index (χ1) is 11.6. The molecule has 0 aliphatic rings. The monoisotopic (exact) mass is 387 g/mol. The Morgan fingerprint density at radius 3 is 2.71 bits per heavy atom. The van der Waals surface area contributed by atoms with Crippen molar-refractivity contribution in [2.45, 2.75) is 5.75 Å². The van der Waals surface area contributed by atoms with Gasteiger partial charge in [-0.05, 0) is 29.8 Å². The van der Waals surface area contributed by atoms with Crippen LogP contribution in [0.15, 0.2) is 42.5 Å². The van der Waals surface area contributed by atoms with E-state index in [1.807, 2.05) is 12.1 Å². The number of carbonyl (C=O) groups is 1. The fourth-order valence-electron chi connectivity index (χ4n) is 1.84. The van der Waals surface area contributed by atoms with Crippen LogP contribution in [0, 0.1) is 5.82 Å². The van der Waals surface area contributed by atoms with Crippen molar-refractivity contribution in [3.8, 4) is 5.75 Å². The van der Waals surface area contributed by atoms with Crippen molar-refractivity contribution in [2.24, 2.45) is 0 Å². The van der Waals surface area contributed by atoms with E-state index in [4.69, 9.17) is 27.9 Å². The second-order valence-electron chi connectivity index (χ2n) is 4.87. The highest BCUT2D eigenvalue weighted by atomic mass is 35.5. The van der Waals surface area contributed by atoms with Crippen LogP contribution in [0.4, 0.5) is 4.39 Å². The number of hydrogen-bond donors (Lipinski definition) is 1. The van der Waals surface area contributed by atoms with E-state index in [0.717, 1.165) is 17.1 Å². The summed E-state index contributed by atoms with van der Waals surface area (Å²) in [6.45, 7) is 0.295. The molecule has 0 unspecified atom stereocenters. The molecule has 2 rings (SSSR count). The van der Waals surface area contributed by atoms with Gasteiger partial charge in [0, 0.05) is 18.1 Å². The van der Waals surface area contributed by atoms with Crippen LogP contribution in [0.5, 0.6) is 5.75 Å². The van der Waals surface area contributed by atoms with Gasteiger partial charge < -0.3 is 10.1 Å². The topological polar surface area (TPSA) is 38.3 Å². The molecule has 0 aromatic heterocycles. The highest BCUT2D eigenvalue weighted by Crippen LogP contribution is 2.24. The SMILES string of the molecule is O=C(COc1ccccc1F)NCCSCc1ccc(Cl)c(Cl)c1. The largest absolute Gasteiger partial charge is 0.481 e. The van der Waals surface area contributed by atoms with Gasteiger partial charge in [-0.15, -0.1) is 0 Å². The molecule has 1 N–H and O–H groups in total. The van der Waals surface area contributed by atoms with Gasteiger partial charge in [0.1, 0.15) is 0 Å². The molecule has 0 saturated carbocycles. The number of nitrogens with one attached hydrogen (secondary N) is 1. The molecule has 2 aromatic carbocycles. The second-order valence-corrected chi connectivity index (χ2v) is 6.79. The molecule has 0 heterocycles. The van der Waals surface area contributed by atoms with Gasteiger partial charge in [0.25, 0.3) is 5.91 Å². The summed E-state index contributed by atoms with van der Waals surface area (Å²) >= 11 is 13.5. The lowest BCUT2D eigenvalue weighted by molar-refractivity contribution is -0.123. The first-order valence-corrected chi connectivity index (χ1v) is 9.13. The van der Waals surface area contributed by atoms with Crippen molar-refractivity contribution in [3.05, 3.63) is 63.9 Å². The zero-order valence-electron chi connectivity index (χ0n) is 12.7. The first kappa shape index (κ1) is 18.9. The summed E-state index contributed by atoms with van der Waals surface area (Å²) in [4.78, 5) is 11.6. The van der Waals surface area contributed by atoms with E-state index < -0.39 is 5.82 Å². The molecular formula is C17H16Cl2FNO2S. The van der Waals surface area contributed by atoms with Crippen molar-refractivity contribution in [1.29, 1.82) is 0 Å². The van der Waals surface area contributed by atoms with E-state index in [2.05, 4.69) is 5.32 Å². The Bertz CT molecular complexity index is 700. The summed E-state index contributed by atoms with van der Waals surface area (Å²) in [5.74, 6) is 0.821. The Morgan fingerprint density at radius 1 is 1.17 bits per heavy atom. The maximum Gasteiger partial charge on any atom is 0.257 e. The molecular weight excluding hydrogens is 372 g/mol. The van der Waals surface area contributed by atoms with Crippen LogP contribution < -0.4 is 10.1 Å². The lowest BCUT2D eigenvalue weighted by atomic mass is 10.2. The molecule has 0 aliphatic heterocycles. The minimum atomic E-state index is -0.484. The van der Waals surface area contributed by atoms with Gasteiger partial charge in [-0.1, -0.05) is 41.4 Å². The molecule has 1 amide bonds. The third-order valence-corrected chi connectivity index (χ3v) is 4.79. The van der Waals surface area contributed by atoms with Crippen LogP contribution in [-0.2, 0) is 10.5 Å². The zero-order chi connectivity index (χ0) is 17.4. The number of amides is 1. The van der Waals surface area contributed by atoms with E-state index in [1.54, 1.807) is 30.0 Å². The minimum Gasteiger partial charge on any atom is -0.481 e. The maximum absolute atomic E-state index is 13.3. The highest BCUT2D eigenvalue weighted by Gasteiger charge is 2.06. The molecule has 0 aliphatic carbocycles. The number of hydrogen-bond acceptors (Lipinski definition) is 3. The lowest BCUT2D eigenvalue weighted by Crippen LogP contribution is -2.30. The molecule has 7 heteroatoms. The van der Waals surface area contributed by atoms with E-state index in [1.165, 1.54) is 12.1 Å². The second kappa shape index (κ2) is 9.77. The third-order valence-electron chi connectivity index (χ3n) is 3.02. The molecule has 0 atom stereocenters. The number of halogens is 3. The Kier molecular flexibility index (Phi) is 7.69. The maximum atomic E-state index is 13.3. The quantitative estimate of drug-likeness (QED) is 0.674. The summed E-state index contributed by atoms with van der Waals surface area (Å²) in [6, 6.07) is 11.5. The van der Waals surface area contributed by atoms with E-state index >= 15 is 0 Å². The lowest BCUT2D eigenvalue weighted by Gasteiger charge is -2.08. The van der Waals surface area contributed by atoms with E-state index in [-0.39, 0.29) is 18.3 Å². The smallest absolute Gasteiger partial charge is 0.257 e. The molecule has 0 bridgehead atoms. The van der Waals surface area contributed by atoms with E-state index in [9.17, 15) is 9.18 Å². The molecule has 3 nitrogen and oxygen atoms in total. The van der Waals surface area contributed by atoms with E-state index in [0.29, 0.717) is 16.6 Å². The predicted molar refractivity (Wildman–Crippen MR) is 97.5 cm³/mol. The van der Waals surface area contributed by atoms with Gasteiger partial charge in [0.05, 0.1) is 10.0 Å². The number of para-hydroxylation sites is 1. The molecule has 128 valence electrons. The fourth-order valence-corrected chi connectivity index (χ4v) is 2.96. The summed E-state index contributed by atoms with van der Waals surface area (Å²) in [5.41, 5.74) is 1.07. The highest BCUT2D eigenvalue weighted by molar-refractivity contribution is 7.98. The normalized spacial score (nSPS) is 10.5. The summed E-state index contributed by atoms with van der Waals surface area (Å²) in [7, 11) is 0. The molecule has 0 spiro atoms. The van der Waals surface area contributed by atoms with Crippen LogP contribution in [-0.4, -0.2) is 24.8 Å². The van der Waals surface area contributed by atoms with Gasteiger partial charge in [-0.25, -0.2) is 4.39 Å². The van der Waals surface area contributed by atoms with Crippen LogP contribution in [0.1, 0.15) is 5.56 Å². The Balaban J connectivity index is 1.61. The number of thioether (sulfide) groups is 1. The molecule has 0 fully saturated rings. The number of benzene rings is 2. The molecule has 24 heavy (non-hydrogen) atoms. The van der Waals surface area contributed by atoms with Gasteiger partial charge >= 0.3 is 0 Å². The van der Waals surface area contributed by atoms with Gasteiger partial charge in [0.2, 0.25) is 0 Å². The first-order valence-electron chi connectivity index (χ1n) is 7.22. The summed E-state index contributed by atoms with van der Waals surface area (Å²) < 4.78 is 18.5. The summed E-state index contributed by atoms with van der Waals surface area (Å²) in [6.07, 6.45) is 0.